The van der Waals surface area contributed by atoms with Gasteiger partial charge < -0.3 is 9.47 Å². The van der Waals surface area contributed by atoms with Crippen molar-refractivity contribution in [3.8, 4) is 0 Å². The van der Waals surface area contributed by atoms with Gasteiger partial charge in [-0.3, -0.25) is 5.73 Å². The SMILES string of the molecule is CCOC(CCC[NH])OCC. The molecular formula is C8H18NO2. The van der Waals surface area contributed by atoms with Gasteiger partial charge in [0.2, 0.25) is 0 Å². The third-order valence-corrected chi connectivity index (χ3v) is 1.32. The predicted molar refractivity (Wildman–Crippen MR) is 44.2 cm³/mol. The lowest BCUT2D eigenvalue weighted by molar-refractivity contribution is -0.139. The van der Waals surface area contributed by atoms with Gasteiger partial charge in [0, 0.05) is 19.8 Å². The molecule has 0 aliphatic carbocycles. The first-order chi connectivity index (χ1) is 5.35. The highest BCUT2D eigenvalue weighted by molar-refractivity contribution is 4.45. The van der Waals surface area contributed by atoms with Gasteiger partial charge in [-0.15, -0.1) is 0 Å². The third-order valence-electron chi connectivity index (χ3n) is 1.32. The second-order valence-corrected chi connectivity index (χ2v) is 2.23. The van der Waals surface area contributed by atoms with Crippen molar-refractivity contribution in [2.45, 2.75) is 33.0 Å². The maximum atomic E-state index is 6.95. The largest absolute Gasteiger partial charge is 0.353 e. The molecule has 0 fully saturated rings. The Balaban J connectivity index is 3.34. The molecule has 1 radical (unpaired) electrons. The fourth-order valence-corrected chi connectivity index (χ4v) is 0.855. The lowest BCUT2D eigenvalue weighted by Crippen LogP contribution is -2.17. The van der Waals surface area contributed by atoms with Gasteiger partial charge in [-0.2, -0.15) is 0 Å². The second-order valence-electron chi connectivity index (χ2n) is 2.23. The zero-order valence-electron chi connectivity index (χ0n) is 7.43. The lowest BCUT2D eigenvalue weighted by atomic mass is 10.3. The standard InChI is InChI=1S/C8H18NO2/c1-3-10-8(11-4-2)6-5-7-9/h8-9H,3-7H2,1-2H3. The van der Waals surface area contributed by atoms with Crippen LogP contribution in [0.15, 0.2) is 0 Å². The van der Waals surface area contributed by atoms with E-state index >= 15 is 0 Å². The minimum Gasteiger partial charge on any atom is -0.353 e. The molecule has 0 bridgehead atoms. The van der Waals surface area contributed by atoms with E-state index in [2.05, 4.69) is 0 Å². The van der Waals surface area contributed by atoms with Crippen LogP contribution in [0.2, 0.25) is 0 Å². The minimum atomic E-state index is -0.0876. The van der Waals surface area contributed by atoms with E-state index in [0.717, 1.165) is 12.8 Å². The Morgan fingerprint density at radius 3 is 2.09 bits per heavy atom. The Morgan fingerprint density at radius 1 is 1.18 bits per heavy atom. The van der Waals surface area contributed by atoms with E-state index in [4.69, 9.17) is 15.2 Å². The van der Waals surface area contributed by atoms with E-state index in [1.165, 1.54) is 0 Å². The van der Waals surface area contributed by atoms with Crippen LogP contribution in [0.4, 0.5) is 0 Å². The Labute approximate surface area is 68.9 Å². The van der Waals surface area contributed by atoms with Crippen LogP contribution >= 0.6 is 0 Å². The van der Waals surface area contributed by atoms with E-state index in [9.17, 15) is 0 Å². The van der Waals surface area contributed by atoms with Crippen LogP contribution in [-0.4, -0.2) is 26.0 Å². The smallest absolute Gasteiger partial charge is 0.157 e. The van der Waals surface area contributed by atoms with Crippen LogP contribution < -0.4 is 5.73 Å². The van der Waals surface area contributed by atoms with Crippen molar-refractivity contribution in [3.63, 3.8) is 0 Å². The van der Waals surface area contributed by atoms with E-state index in [1.807, 2.05) is 13.8 Å². The number of ether oxygens (including phenoxy) is 2. The van der Waals surface area contributed by atoms with Crippen molar-refractivity contribution in [1.29, 1.82) is 0 Å². The summed E-state index contributed by atoms with van der Waals surface area (Å²) in [7, 11) is 0. The van der Waals surface area contributed by atoms with Crippen molar-refractivity contribution >= 4 is 0 Å². The van der Waals surface area contributed by atoms with Gasteiger partial charge >= 0.3 is 0 Å². The molecule has 0 heterocycles. The van der Waals surface area contributed by atoms with Crippen molar-refractivity contribution in [1.82, 2.24) is 5.73 Å². The van der Waals surface area contributed by atoms with Gasteiger partial charge in [0.15, 0.2) is 6.29 Å². The minimum absolute atomic E-state index is 0.0876. The maximum absolute atomic E-state index is 6.95. The summed E-state index contributed by atoms with van der Waals surface area (Å²) in [5.41, 5.74) is 6.95. The second kappa shape index (κ2) is 7.98. The summed E-state index contributed by atoms with van der Waals surface area (Å²) in [6, 6.07) is 0. The molecule has 0 rings (SSSR count). The molecular weight excluding hydrogens is 142 g/mol. The van der Waals surface area contributed by atoms with Crippen LogP contribution in [0.1, 0.15) is 26.7 Å². The Bertz CT molecular complexity index is 72.5. The molecule has 3 nitrogen and oxygen atoms in total. The summed E-state index contributed by atoms with van der Waals surface area (Å²) in [4.78, 5) is 0. The topological polar surface area (TPSA) is 42.3 Å². The monoisotopic (exact) mass is 160 g/mol. The van der Waals surface area contributed by atoms with Gasteiger partial charge in [0.05, 0.1) is 0 Å². The van der Waals surface area contributed by atoms with Gasteiger partial charge in [-0.25, -0.2) is 0 Å². The van der Waals surface area contributed by atoms with Crippen molar-refractivity contribution in [2.75, 3.05) is 19.8 Å². The highest BCUT2D eigenvalue weighted by Crippen LogP contribution is 2.03. The zero-order valence-corrected chi connectivity index (χ0v) is 7.43. The maximum Gasteiger partial charge on any atom is 0.157 e. The van der Waals surface area contributed by atoms with Crippen LogP contribution in [0.5, 0.6) is 0 Å². The third kappa shape index (κ3) is 6.28. The van der Waals surface area contributed by atoms with Crippen molar-refractivity contribution < 1.29 is 9.47 Å². The van der Waals surface area contributed by atoms with Crippen LogP contribution in [-0.2, 0) is 9.47 Å². The highest BCUT2D eigenvalue weighted by atomic mass is 16.7. The van der Waals surface area contributed by atoms with Gasteiger partial charge in [-0.1, -0.05) is 0 Å². The average Bonchev–Trinajstić information content (AvgIpc) is 2.01. The molecule has 0 saturated heterocycles. The van der Waals surface area contributed by atoms with E-state index in [0.29, 0.717) is 19.8 Å². The quantitative estimate of drug-likeness (QED) is 0.529. The Hall–Kier alpha value is -0.120. The molecule has 0 spiro atoms. The van der Waals surface area contributed by atoms with Crippen LogP contribution in [0.25, 0.3) is 0 Å². The molecule has 0 amide bonds. The van der Waals surface area contributed by atoms with Gasteiger partial charge in [0.25, 0.3) is 0 Å². The van der Waals surface area contributed by atoms with E-state index in [-0.39, 0.29) is 6.29 Å². The molecule has 0 aliphatic rings. The number of hydrogen-bond donors (Lipinski definition) is 0. The molecule has 0 aliphatic heterocycles. The summed E-state index contributed by atoms with van der Waals surface area (Å²) < 4.78 is 10.6. The molecule has 0 aromatic heterocycles. The fraction of sp³-hybridized carbons (Fsp3) is 1.00. The van der Waals surface area contributed by atoms with E-state index in [1.54, 1.807) is 0 Å². The summed E-state index contributed by atoms with van der Waals surface area (Å²) in [6.07, 6.45) is 1.60. The summed E-state index contributed by atoms with van der Waals surface area (Å²) in [5, 5.41) is 0. The molecule has 3 heteroatoms. The Morgan fingerprint density at radius 2 is 1.73 bits per heavy atom. The highest BCUT2D eigenvalue weighted by Gasteiger charge is 2.05. The van der Waals surface area contributed by atoms with Crippen LogP contribution in [0, 0.1) is 0 Å². The van der Waals surface area contributed by atoms with Crippen molar-refractivity contribution in [2.24, 2.45) is 0 Å². The molecule has 0 unspecified atom stereocenters. The molecule has 0 aromatic rings. The summed E-state index contributed by atoms with van der Waals surface area (Å²) in [5.74, 6) is 0. The molecule has 1 N–H and O–H groups in total. The molecule has 0 saturated carbocycles. The Kier molecular flexibility index (Phi) is 7.89. The van der Waals surface area contributed by atoms with E-state index < -0.39 is 0 Å². The summed E-state index contributed by atoms with van der Waals surface area (Å²) >= 11 is 0. The fourth-order valence-electron chi connectivity index (χ4n) is 0.855. The normalized spacial score (nSPS) is 10.9. The number of nitrogens with one attached hydrogen (secondary N) is 1. The first-order valence-corrected chi connectivity index (χ1v) is 4.22. The number of rotatable bonds is 7. The predicted octanol–water partition coefficient (Wildman–Crippen LogP) is 1.45. The molecule has 11 heavy (non-hydrogen) atoms. The number of hydrogen-bond acceptors (Lipinski definition) is 2. The molecule has 0 aromatic carbocycles. The molecule has 67 valence electrons. The van der Waals surface area contributed by atoms with Crippen molar-refractivity contribution in [3.05, 3.63) is 0 Å². The van der Waals surface area contributed by atoms with Crippen LogP contribution in [0.3, 0.4) is 0 Å². The van der Waals surface area contributed by atoms with Gasteiger partial charge in [-0.05, 0) is 26.7 Å². The zero-order chi connectivity index (χ0) is 8.53. The molecule has 0 atom stereocenters. The lowest BCUT2D eigenvalue weighted by Gasteiger charge is -2.15. The first kappa shape index (κ1) is 10.9. The summed E-state index contributed by atoms with van der Waals surface area (Å²) in [6.45, 7) is 5.72. The van der Waals surface area contributed by atoms with Gasteiger partial charge in [0.1, 0.15) is 0 Å². The average molecular weight is 160 g/mol. The first-order valence-electron chi connectivity index (χ1n) is 4.22.